The number of nitrogens with zero attached hydrogens (tertiary/aromatic N) is 2. The molecule has 8 heteroatoms. The van der Waals surface area contributed by atoms with Crippen LogP contribution in [0.15, 0.2) is 72.3 Å². The highest BCUT2D eigenvalue weighted by Gasteiger charge is 2.13. The molecule has 1 aliphatic rings. The molecule has 0 unspecified atom stereocenters. The summed E-state index contributed by atoms with van der Waals surface area (Å²) in [5, 5.41) is 17.5. The molecular formula is C24H25N5O2S. The van der Waals surface area contributed by atoms with Crippen LogP contribution in [0, 0.1) is 0 Å². The number of rotatable bonds is 7. The largest absolute Gasteiger partial charge is 0.369 e. The third-order valence-corrected chi connectivity index (χ3v) is 5.92. The first-order chi connectivity index (χ1) is 15.6. The van der Waals surface area contributed by atoms with Crippen molar-refractivity contribution in [2.75, 3.05) is 36.4 Å². The van der Waals surface area contributed by atoms with Crippen LogP contribution in [0.5, 0.6) is 0 Å². The minimum absolute atomic E-state index is 0.170. The fourth-order valence-corrected chi connectivity index (χ4v) is 4.09. The normalized spacial score (nSPS) is 13.8. The second kappa shape index (κ2) is 10.2. The van der Waals surface area contributed by atoms with Crippen LogP contribution in [0.4, 0.5) is 10.8 Å². The van der Waals surface area contributed by atoms with Gasteiger partial charge in [0, 0.05) is 48.4 Å². The molecule has 1 aromatic heterocycles. The number of hydrogen-bond acceptors (Lipinski definition) is 7. The van der Waals surface area contributed by atoms with Gasteiger partial charge in [-0.25, -0.2) is 4.98 Å². The molecule has 7 nitrogen and oxygen atoms in total. The highest BCUT2D eigenvalue weighted by molar-refractivity contribution is 7.14. The summed E-state index contributed by atoms with van der Waals surface area (Å²) in [6.07, 6.45) is 3.53. The van der Waals surface area contributed by atoms with E-state index < -0.39 is 0 Å². The average molecular weight is 448 g/mol. The van der Waals surface area contributed by atoms with E-state index in [0.29, 0.717) is 16.4 Å². The van der Waals surface area contributed by atoms with Gasteiger partial charge in [0.05, 0.1) is 11.4 Å². The van der Waals surface area contributed by atoms with Gasteiger partial charge in [0.2, 0.25) is 0 Å². The number of hydroxylamine groups is 1. The number of amides is 1. The molecule has 1 amide bonds. The first-order valence-electron chi connectivity index (χ1n) is 10.3. The molecule has 0 saturated carbocycles. The van der Waals surface area contributed by atoms with E-state index in [4.69, 9.17) is 5.21 Å². The highest BCUT2D eigenvalue weighted by Crippen LogP contribution is 2.26. The van der Waals surface area contributed by atoms with Crippen molar-refractivity contribution in [1.29, 1.82) is 0 Å². The van der Waals surface area contributed by atoms with Crippen molar-refractivity contribution in [2.24, 2.45) is 0 Å². The van der Waals surface area contributed by atoms with Crippen LogP contribution in [0.3, 0.4) is 0 Å². The van der Waals surface area contributed by atoms with Crippen molar-refractivity contribution in [3.05, 3.63) is 83.4 Å². The van der Waals surface area contributed by atoms with Crippen molar-refractivity contribution in [3.63, 3.8) is 0 Å². The molecule has 0 radical (unpaired) electrons. The third kappa shape index (κ3) is 5.42. The molecule has 2 heterocycles. The number of hydrogen-bond donors (Lipinski definition) is 4. The van der Waals surface area contributed by atoms with Crippen LogP contribution in [0.25, 0.3) is 17.3 Å². The molecule has 32 heavy (non-hydrogen) atoms. The number of carbonyl (C=O) groups is 1. The summed E-state index contributed by atoms with van der Waals surface area (Å²) in [6.45, 7) is 7.53. The zero-order chi connectivity index (χ0) is 22.3. The molecule has 3 aromatic rings. The van der Waals surface area contributed by atoms with Gasteiger partial charge < -0.3 is 10.2 Å². The molecule has 1 saturated heterocycles. The smallest absolute Gasteiger partial charge is 0.257 e. The number of anilines is 2. The van der Waals surface area contributed by atoms with E-state index in [0.717, 1.165) is 48.7 Å². The van der Waals surface area contributed by atoms with E-state index in [2.05, 4.69) is 27.1 Å². The van der Waals surface area contributed by atoms with Gasteiger partial charge in [-0.2, -0.15) is 0 Å². The van der Waals surface area contributed by atoms with E-state index in [9.17, 15) is 4.79 Å². The first-order valence-corrected chi connectivity index (χ1v) is 11.2. The quantitative estimate of drug-likeness (QED) is 0.324. The molecule has 1 fully saturated rings. The maximum absolute atomic E-state index is 12.6. The molecule has 0 bridgehead atoms. The van der Waals surface area contributed by atoms with Gasteiger partial charge in [-0.05, 0) is 35.9 Å². The van der Waals surface area contributed by atoms with E-state index in [1.807, 2.05) is 65.5 Å². The molecule has 164 valence electrons. The summed E-state index contributed by atoms with van der Waals surface area (Å²) in [5.74, 6) is -0.170. The van der Waals surface area contributed by atoms with Crippen LogP contribution in [0.1, 0.15) is 15.9 Å². The Morgan fingerprint density at radius 2 is 1.84 bits per heavy atom. The zero-order valence-corrected chi connectivity index (χ0v) is 18.4. The second-order valence-electron chi connectivity index (χ2n) is 7.37. The lowest BCUT2D eigenvalue weighted by Gasteiger charge is -2.29. The van der Waals surface area contributed by atoms with Crippen molar-refractivity contribution in [3.8, 4) is 11.3 Å². The lowest BCUT2D eigenvalue weighted by molar-refractivity contribution is 0.102. The van der Waals surface area contributed by atoms with Crippen molar-refractivity contribution in [1.82, 2.24) is 15.8 Å². The van der Waals surface area contributed by atoms with Crippen LogP contribution < -0.4 is 21.0 Å². The molecule has 0 spiro atoms. The molecule has 4 N–H and O–H groups in total. The van der Waals surface area contributed by atoms with Crippen LogP contribution >= 0.6 is 11.3 Å². The number of nitrogens with one attached hydrogen (secondary N) is 3. The molecule has 2 aromatic carbocycles. The number of benzene rings is 2. The summed E-state index contributed by atoms with van der Waals surface area (Å²) in [5.41, 5.74) is 6.87. The topological polar surface area (TPSA) is 89.5 Å². The summed E-state index contributed by atoms with van der Waals surface area (Å²) in [4.78, 5) is 19.5. The van der Waals surface area contributed by atoms with Gasteiger partial charge in [-0.1, -0.05) is 36.9 Å². The Balaban J connectivity index is 1.38. The minimum Gasteiger partial charge on any atom is -0.369 e. The van der Waals surface area contributed by atoms with E-state index in [-0.39, 0.29) is 5.91 Å². The van der Waals surface area contributed by atoms with Gasteiger partial charge in [-0.3, -0.25) is 20.8 Å². The van der Waals surface area contributed by atoms with Gasteiger partial charge >= 0.3 is 0 Å². The predicted octanol–water partition coefficient (Wildman–Crippen LogP) is 3.98. The fourth-order valence-electron chi connectivity index (χ4n) is 3.38. The van der Waals surface area contributed by atoms with Crippen molar-refractivity contribution >= 4 is 34.1 Å². The lowest BCUT2D eigenvalue weighted by atomic mass is 10.1. The van der Waals surface area contributed by atoms with Crippen LogP contribution in [-0.4, -0.2) is 42.3 Å². The lowest BCUT2D eigenvalue weighted by Crippen LogP contribution is -2.43. The van der Waals surface area contributed by atoms with E-state index in [1.165, 1.54) is 11.3 Å². The van der Waals surface area contributed by atoms with Gasteiger partial charge in [0.1, 0.15) is 0 Å². The fraction of sp³-hybridized carbons (Fsp3) is 0.167. The Kier molecular flexibility index (Phi) is 6.96. The Morgan fingerprint density at radius 1 is 1.12 bits per heavy atom. The predicted molar refractivity (Wildman–Crippen MR) is 130 cm³/mol. The number of aromatic nitrogens is 1. The second-order valence-corrected chi connectivity index (χ2v) is 8.23. The summed E-state index contributed by atoms with van der Waals surface area (Å²) in [6, 6.07) is 15.5. The Bertz CT molecular complexity index is 1100. The van der Waals surface area contributed by atoms with Gasteiger partial charge in [0.25, 0.3) is 5.91 Å². The minimum atomic E-state index is -0.170. The summed E-state index contributed by atoms with van der Waals surface area (Å²) >= 11 is 1.39. The molecular weight excluding hydrogens is 422 g/mol. The first kappa shape index (κ1) is 21.8. The third-order valence-electron chi connectivity index (χ3n) is 5.16. The molecule has 0 atom stereocenters. The van der Waals surface area contributed by atoms with Crippen LogP contribution in [-0.2, 0) is 0 Å². The maximum atomic E-state index is 12.6. The van der Waals surface area contributed by atoms with Crippen LogP contribution in [0.2, 0.25) is 0 Å². The van der Waals surface area contributed by atoms with Crippen molar-refractivity contribution in [2.45, 2.75) is 0 Å². The number of carbonyl (C=O) groups excluding carboxylic acids is 1. The number of piperazine rings is 1. The van der Waals surface area contributed by atoms with Gasteiger partial charge in [0.15, 0.2) is 5.13 Å². The monoisotopic (exact) mass is 447 g/mol. The number of thiazole rings is 1. The van der Waals surface area contributed by atoms with Crippen molar-refractivity contribution < 1.29 is 10.0 Å². The Hall–Kier alpha value is -3.46. The molecule has 4 rings (SSSR count). The summed E-state index contributed by atoms with van der Waals surface area (Å²) in [7, 11) is 0. The zero-order valence-electron chi connectivity index (χ0n) is 17.5. The Morgan fingerprint density at radius 3 is 2.53 bits per heavy atom. The number of allylic oxidation sites excluding steroid dienone is 1. The van der Waals surface area contributed by atoms with E-state index >= 15 is 0 Å². The van der Waals surface area contributed by atoms with Gasteiger partial charge in [-0.15, -0.1) is 11.3 Å². The molecule has 1 aliphatic heterocycles. The maximum Gasteiger partial charge on any atom is 0.257 e. The highest BCUT2D eigenvalue weighted by atomic mass is 32.1. The average Bonchev–Trinajstić information content (AvgIpc) is 3.32. The standard InChI is InChI=1S/C24H25N5O2S/c1-17(28-31)2-3-18-4-6-19(7-5-18)22-16-32-24(26-22)27-23(30)20-8-10-21(11-9-20)29-14-12-25-13-15-29/h2-11,16,25,28,31H,1,12-15H2,(H,26,27,30)/b3-2+. The van der Waals surface area contributed by atoms with E-state index in [1.54, 1.807) is 6.08 Å². The SMILES string of the molecule is C=C(/C=C/c1ccc(-c2csc(NC(=O)c3ccc(N4CCNCC4)cc3)n2)cc1)NO. The molecule has 0 aliphatic carbocycles. The Labute approximate surface area is 191 Å². The summed E-state index contributed by atoms with van der Waals surface area (Å²) < 4.78 is 0.